The first kappa shape index (κ1) is 21.1. The van der Waals surface area contributed by atoms with Gasteiger partial charge in [-0.3, -0.25) is 4.99 Å². The third-order valence-corrected chi connectivity index (χ3v) is 5.87. The third-order valence-electron chi connectivity index (χ3n) is 5.64. The molecule has 3 heterocycles. The van der Waals surface area contributed by atoms with E-state index in [2.05, 4.69) is 30.9 Å². The number of hydrogen-bond donors (Lipinski definition) is 2. The number of hydrogen-bond acceptors (Lipinski definition) is 7. The highest BCUT2D eigenvalue weighted by molar-refractivity contribution is 6.31. The maximum atomic E-state index is 14.7. The fourth-order valence-electron chi connectivity index (χ4n) is 3.98. The van der Waals surface area contributed by atoms with Gasteiger partial charge in [0, 0.05) is 44.7 Å². The monoisotopic (exact) mass is 482 g/mol. The molecule has 170 valence electrons. The number of benzene rings is 3. The molecule has 6 rings (SSSR count). The Hall–Kier alpha value is -4.50. The summed E-state index contributed by atoms with van der Waals surface area (Å²) in [6.07, 6.45) is 1.74. The van der Waals surface area contributed by atoms with Crippen LogP contribution in [0.5, 0.6) is 0 Å². The van der Waals surface area contributed by atoms with Crippen LogP contribution in [0, 0.1) is 5.82 Å². The molecule has 35 heavy (non-hydrogen) atoms. The van der Waals surface area contributed by atoms with Gasteiger partial charge in [-0.1, -0.05) is 29.8 Å². The molecule has 0 saturated heterocycles. The van der Waals surface area contributed by atoms with Gasteiger partial charge in [-0.15, -0.1) is 10.2 Å². The fourth-order valence-corrected chi connectivity index (χ4v) is 4.16. The largest absolute Gasteiger partial charge is 0.324 e. The molecule has 0 atom stereocenters. The Kier molecular flexibility index (Phi) is 5.23. The first-order valence-corrected chi connectivity index (χ1v) is 11.1. The molecule has 0 radical (unpaired) electrons. The van der Waals surface area contributed by atoms with Gasteiger partial charge < -0.3 is 5.32 Å². The molecule has 1 aliphatic heterocycles. The average molecular weight is 483 g/mol. The second kappa shape index (κ2) is 8.69. The van der Waals surface area contributed by atoms with Crippen molar-refractivity contribution in [2.75, 3.05) is 5.32 Å². The van der Waals surface area contributed by atoms with Crippen LogP contribution in [0.1, 0.15) is 16.7 Å². The Morgan fingerprint density at radius 1 is 0.943 bits per heavy atom. The molecule has 1 aliphatic rings. The lowest BCUT2D eigenvalue weighted by Crippen LogP contribution is -2.07. The second-order valence-corrected chi connectivity index (χ2v) is 8.28. The van der Waals surface area contributed by atoms with E-state index in [1.54, 1.807) is 36.5 Å². The summed E-state index contributed by atoms with van der Waals surface area (Å²) in [5.41, 5.74) is 5.64. The minimum absolute atomic E-state index is 0.310. The van der Waals surface area contributed by atoms with Gasteiger partial charge in [-0.05, 0) is 53.7 Å². The summed E-state index contributed by atoms with van der Waals surface area (Å²) >= 11 is 6.33. The molecule has 5 aromatic rings. The number of tetrazole rings is 1. The molecule has 3 aromatic carbocycles. The van der Waals surface area contributed by atoms with E-state index < -0.39 is 0 Å². The van der Waals surface area contributed by atoms with Crippen molar-refractivity contribution in [1.29, 1.82) is 0 Å². The van der Waals surface area contributed by atoms with E-state index >= 15 is 0 Å². The van der Waals surface area contributed by atoms with E-state index in [0.717, 1.165) is 27.9 Å². The highest BCUT2D eigenvalue weighted by atomic mass is 35.5. The maximum absolute atomic E-state index is 14.7. The standard InChI is InChI=1S/C25H16ClFN8/c26-16-7-10-18-20(11-16)23(19-3-1-2-4-21(19)27)28-12-15-13-29-25(31-22(15)18)30-17-8-5-14(6-9-17)24-32-34-35-33-24/h1-11,13H,12H2,(H,29,30,31)(H,32,33,34,35). The molecule has 0 spiro atoms. The number of fused-ring (bicyclic) bond motifs is 3. The number of aromatic nitrogens is 6. The van der Waals surface area contributed by atoms with Gasteiger partial charge in [0.1, 0.15) is 5.82 Å². The van der Waals surface area contributed by atoms with Gasteiger partial charge in [-0.2, -0.15) is 5.21 Å². The van der Waals surface area contributed by atoms with Crippen LogP contribution in [0.3, 0.4) is 0 Å². The predicted octanol–water partition coefficient (Wildman–Crippen LogP) is 5.21. The van der Waals surface area contributed by atoms with Crippen LogP contribution in [-0.2, 0) is 6.54 Å². The highest BCUT2D eigenvalue weighted by Gasteiger charge is 2.23. The lowest BCUT2D eigenvalue weighted by atomic mass is 9.95. The van der Waals surface area contributed by atoms with Gasteiger partial charge in [0.25, 0.3) is 0 Å². The smallest absolute Gasteiger partial charge is 0.227 e. The van der Waals surface area contributed by atoms with Crippen LogP contribution in [0.15, 0.2) is 77.9 Å². The summed E-state index contributed by atoms with van der Waals surface area (Å²) < 4.78 is 14.7. The normalized spacial score (nSPS) is 12.3. The number of H-pyrrole nitrogens is 1. The number of halogens is 2. The number of nitrogens with zero attached hydrogens (tertiary/aromatic N) is 6. The zero-order valence-corrected chi connectivity index (χ0v) is 18.8. The van der Waals surface area contributed by atoms with Crippen LogP contribution in [-0.4, -0.2) is 36.3 Å². The van der Waals surface area contributed by atoms with E-state index in [9.17, 15) is 4.39 Å². The van der Waals surface area contributed by atoms with Crippen molar-refractivity contribution >= 4 is 28.9 Å². The molecular weight excluding hydrogens is 467 g/mol. The van der Waals surface area contributed by atoms with Gasteiger partial charge in [0.15, 0.2) is 0 Å². The molecule has 0 aliphatic carbocycles. The summed E-state index contributed by atoms with van der Waals surface area (Å²) in [5, 5.41) is 17.7. The lowest BCUT2D eigenvalue weighted by molar-refractivity contribution is 0.625. The third kappa shape index (κ3) is 4.02. The van der Waals surface area contributed by atoms with Crippen LogP contribution < -0.4 is 5.32 Å². The first-order chi connectivity index (χ1) is 17.2. The van der Waals surface area contributed by atoms with Crippen molar-refractivity contribution in [3.8, 4) is 22.6 Å². The van der Waals surface area contributed by atoms with Crippen molar-refractivity contribution in [2.45, 2.75) is 6.54 Å². The van der Waals surface area contributed by atoms with Crippen LogP contribution in [0.2, 0.25) is 5.02 Å². The molecule has 8 nitrogen and oxygen atoms in total. The van der Waals surface area contributed by atoms with Gasteiger partial charge in [0.2, 0.25) is 11.8 Å². The quantitative estimate of drug-likeness (QED) is 0.364. The maximum Gasteiger partial charge on any atom is 0.227 e. The van der Waals surface area contributed by atoms with Crippen molar-refractivity contribution in [1.82, 2.24) is 30.6 Å². The van der Waals surface area contributed by atoms with E-state index in [4.69, 9.17) is 21.6 Å². The Balaban J connectivity index is 1.38. The molecule has 0 saturated carbocycles. The van der Waals surface area contributed by atoms with Crippen LogP contribution >= 0.6 is 11.6 Å². The molecule has 0 amide bonds. The second-order valence-electron chi connectivity index (χ2n) is 7.84. The number of aliphatic imine (C=N–C) groups is 1. The van der Waals surface area contributed by atoms with E-state index in [-0.39, 0.29) is 5.82 Å². The number of aromatic amines is 1. The first-order valence-electron chi connectivity index (χ1n) is 10.7. The van der Waals surface area contributed by atoms with Crippen molar-refractivity contribution < 1.29 is 4.39 Å². The fraction of sp³-hybridized carbons (Fsp3) is 0.0400. The molecule has 2 N–H and O–H groups in total. The zero-order chi connectivity index (χ0) is 23.8. The van der Waals surface area contributed by atoms with E-state index in [1.807, 2.05) is 30.3 Å². The molecular formula is C25H16ClFN8. The van der Waals surface area contributed by atoms with Crippen molar-refractivity contribution in [2.24, 2.45) is 4.99 Å². The minimum atomic E-state index is -0.346. The Labute approximate surface area is 204 Å². The van der Waals surface area contributed by atoms with Gasteiger partial charge >= 0.3 is 0 Å². The Morgan fingerprint density at radius 2 is 1.80 bits per heavy atom. The lowest BCUT2D eigenvalue weighted by Gasteiger charge is -2.13. The number of anilines is 2. The molecule has 0 bridgehead atoms. The van der Waals surface area contributed by atoms with Crippen molar-refractivity contribution in [3.63, 3.8) is 0 Å². The predicted molar refractivity (Wildman–Crippen MR) is 131 cm³/mol. The SMILES string of the molecule is Fc1ccccc1C1=NCc2cnc(Nc3ccc(-c4nn[nH]n4)cc3)nc2-c2ccc(Cl)cc21. The summed E-state index contributed by atoms with van der Waals surface area (Å²) in [6.45, 7) is 0.310. The van der Waals surface area contributed by atoms with Crippen LogP contribution in [0.25, 0.3) is 22.6 Å². The van der Waals surface area contributed by atoms with Crippen LogP contribution in [0.4, 0.5) is 16.0 Å². The summed E-state index contributed by atoms with van der Waals surface area (Å²) in [7, 11) is 0. The molecule has 2 aromatic heterocycles. The zero-order valence-electron chi connectivity index (χ0n) is 18.1. The summed E-state index contributed by atoms with van der Waals surface area (Å²) in [4.78, 5) is 14.0. The Bertz CT molecular complexity index is 1570. The number of nitrogens with one attached hydrogen (secondary N) is 2. The highest BCUT2D eigenvalue weighted by Crippen LogP contribution is 2.34. The average Bonchev–Trinajstić information content (AvgIpc) is 3.37. The van der Waals surface area contributed by atoms with Gasteiger partial charge in [-0.25, -0.2) is 14.4 Å². The number of rotatable bonds is 4. The molecule has 0 fully saturated rings. The minimum Gasteiger partial charge on any atom is -0.324 e. The summed E-state index contributed by atoms with van der Waals surface area (Å²) in [6, 6.07) is 19.6. The van der Waals surface area contributed by atoms with Gasteiger partial charge in [0.05, 0.1) is 18.0 Å². The molecule has 10 heteroatoms. The van der Waals surface area contributed by atoms with E-state index in [1.165, 1.54) is 6.07 Å². The van der Waals surface area contributed by atoms with E-state index in [0.29, 0.717) is 40.3 Å². The Morgan fingerprint density at radius 3 is 2.60 bits per heavy atom. The molecule has 0 unspecified atom stereocenters. The van der Waals surface area contributed by atoms with Crippen molar-refractivity contribution in [3.05, 3.63) is 100 Å². The topological polar surface area (TPSA) is 105 Å². The summed E-state index contributed by atoms with van der Waals surface area (Å²) in [5.74, 6) is 0.589.